The largest absolute Gasteiger partial charge is 0.398 e. The Morgan fingerprint density at radius 3 is 2.53 bits per heavy atom. The first-order valence-corrected chi connectivity index (χ1v) is 11.8. The van der Waals surface area contributed by atoms with Gasteiger partial charge in [0.05, 0.1) is 0 Å². The maximum absolute atomic E-state index is 6.44. The summed E-state index contributed by atoms with van der Waals surface area (Å²) in [6.07, 6.45) is 3.66. The van der Waals surface area contributed by atoms with E-state index in [1.807, 2.05) is 50.2 Å². The molecule has 32 heavy (non-hydrogen) atoms. The van der Waals surface area contributed by atoms with Gasteiger partial charge in [-0.15, -0.1) is 11.8 Å². The van der Waals surface area contributed by atoms with Crippen molar-refractivity contribution in [2.24, 2.45) is 5.73 Å². The first-order chi connectivity index (χ1) is 15.6. The van der Waals surface area contributed by atoms with Crippen molar-refractivity contribution >= 4 is 40.5 Å². The first kappa shape index (κ1) is 25.2. The summed E-state index contributed by atoms with van der Waals surface area (Å²) >= 11 is 1.69. The van der Waals surface area contributed by atoms with E-state index >= 15 is 0 Å². The standard InChI is InChI=1S/C22H27N7S.C2H6/c1-30-14-16(15-5-3-2-4-6-15)12-26-13-20(24)18-11-17(7-8-19(18)23)28-21-9-10-27-22(25)29-21;1-2/h2-11,14,20,26H,12-13,23-24H2,1H3,(H3,25,27,28,29);1-2H3/b16-14-;. The lowest BCUT2D eigenvalue weighted by molar-refractivity contribution is 0.635. The van der Waals surface area contributed by atoms with Crippen molar-refractivity contribution in [1.82, 2.24) is 15.3 Å². The van der Waals surface area contributed by atoms with Gasteiger partial charge >= 0.3 is 0 Å². The second kappa shape index (κ2) is 13.4. The number of benzene rings is 2. The van der Waals surface area contributed by atoms with Crippen LogP contribution in [0.15, 0.2) is 66.2 Å². The third kappa shape index (κ3) is 7.56. The predicted octanol–water partition coefficient (Wildman–Crippen LogP) is 4.40. The van der Waals surface area contributed by atoms with Crippen LogP contribution >= 0.6 is 11.8 Å². The lowest BCUT2D eigenvalue weighted by atomic mass is 10.0. The highest BCUT2D eigenvalue weighted by Crippen LogP contribution is 2.25. The molecule has 1 aromatic heterocycles. The molecule has 0 saturated carbocycles. The Hall–Kier alpha value is -3.07. The fraction of sp³-hybridized carbons (Fsp3) is 0.250. The van der Waals surface area contributed by atoms with Crippen molar-refractivity contribution in [3.05, 3.63) is 77.3 Å². The molecule has 0 bridgehead atoms. The fourth-order valence-corrected chi connectivity index (χ4v) is 3.55. The molecule has 2 aromatic carbocycles. The molecule has 3 rings (SSSR count). The number of thioether (sulfide) groups is 1. The van der Waals surface area contributed by atoms with Crippen LogP contribution in [0.1, 0.15) is 31.0 Å². The van der Waals surface area contributed by atoms with Crippen molar-refractivity contribution in [2.45, 2.75) is 19.9 Å². The van der Waals surface area contributed by atoms with E-state index in [1.165, 1.54) is 11.1 Å². The maximum atomic E-state index is 6.44. The number of nitrogens with zero attached hydrogens (tertiary/aromatic N) is 2. The zero-order valence-electron chi connectivity index (χ0n) is 18.9. The monoisotopic (exact) mass is 451 g/mol. The van der Waals surface area contributed by atoms with Gasteiger partial charge in [-0.2, -0.15) is 4.98 Å². The molecule has 8 heteroatoms. The Kier molecular flexibility index (Phi) is 10.5. The molecule has 1 atom stereocenters. The number of anilines is 4. The minimum absolute atomic E-state index is 0.212. The van der Waals surface area contributed by atoms with Gasteiger partial charge in [0.15, 0.2) is 0 Å². The number of nitrogens with one attached hydrogen (secondary N) is 2. The lowest BCUT2D eigenvalue weighted by Gasteiger charge is -2.18. The van der Waals surface area contributed by atoms with E-state index in [-0.39, 0.29) is 12.0 Å². The van der Waals surface area contributed by atoms with E-state index in [1.54, 1.807) is 24.0 Å². The van der Waals surface area contributed by atoms with Gasteiger partial charge in [0, 0.05) is 36.7 Å². The molecule has 0 amide bonds. The van der Waals surface area contributed by atoms with Gasteiger partial charge < -0.3 is 27.8 Å². The summed E-state index contributed by atoms with van der Waals surface area (Å²) in [7, 11) is 0. The summed E-state index contributed by atoms with van der Waals surface area (Å²) in [4.78, 5) is 8.05. The third-order valence-electron chi connectivity index (χ3n) is 4.52. The topological polar surface area (TPSA) is 128 Å². The highest BCUT2D eigenvalue weighted by molar-refractivity contribution is 8.01. The molecule has 0 spiro atoms. The molecular formula is C24H33N7S. The zero-order chi connectivity index (χ0) is 23.3. The van der Waals surface area contributed by atoms with Crippen LogP contribution in [0.25, 0.3) is 5.57 Å². The number of nitrogens with two attached hydrogens (primary N) is 3. The van der Waals surface area contributed by atoms with Crippen LogP contribution in [-0.2, 0) is 0 Å². The molecule has 0 saturated heterocycles. The van der Waals surface area contributed by atoms with Crippen LogP contribution in [0.4, 0.5) is 23.1 Å². The minimum Gasteiger partial charge on any atom is -0.398 e. The van der Waals surface area contributed by atoms with Crippen LogP contribution in [0.3, 0.4) is 0 Å². The molecule has 170 valence electrons. The average molecular weight is 452 g/mol. The van der Waals surface area contributed by atoms with E-state index in [9.17, 15) is 0 Å². The number of nitrogen functional groups attached to an aromatic ring is 2. The second-order valence-corrected chi connectivity index (χ2v) is 7.46. The molecular weight excluding hydrogens is 418 g/mol. The van der Waals surface area contributed by atoms with Crippen LogP contribution < -0.4 is 27.8 Å². The molecule has 0 aliphatic rings. The zero-order valence-corrected chi connectivity index (χ0v) is 19.7. The SMILES string of the molecule is CC.CS/C=C(/CNCC(N)c1cc(Nc2ccnc(N)n2)ccc1N)c1ccccc1. The van der Waals surface area contributed by atoms with Gasteiger partial charge in [-0.3, -0.25) is 0 Å². The van der Waals surface area contributed by atoms with Crippen molar-refractivity contribution in [3.8, 4) is 0 Å². The van der Waals surface area contributed by atoms with E-state index in [4.69, 9.17) is 17.2 Å². The normalized spacial score (nSPS) is 11.9. The molecule has 0 aliphatic heterocycles. The van der Waals surface area contributed by atoms with E-state index < -0.39 is 0 Å². The minimum atomic E-state index is -0.256. The van der Waals surface area contributed by atoms with Crippen molar-refractivity contribution in [2.75, 3.05) is 36.1 Å². The van der Waals surface area contributed by atoms with Gasteiger partial charge in [0.2, 0.25) is 5.95 Å². The quantitative estimate of drug-likeness (QED) is 0.303. The van der Waals surface area contributed by atoms with Gasteiger partial charge in [-0.25, -0.2) is 4.98 Å². The highest BCUT2D eigenvalue weighted by Gasteiger charge is 2.12. The third-order valence-corrected chi connectivity index (χ3v) is 5.04. The molecule has 0 aliphatic carbocycles. The summed E-state index contributed by atoms with van der Waals surface area (Å²) in [5.74, 6) is 0.823. The summed E-state index contributed by atoms with van der Waals surface area (Å²) in [5.41, 5.74) is 23.0. The van der Waals surface area contributed by atoms with E-state index in [0.29, 0.717) is 18.1 Å². The molecule has 3 aromatic rings. The van der Waals surface area contributed by atoms with Crippen LogP contribution in [0, 0.1) is 0 Å². The fourth-order valence-electron chi connectivity index (χ4n) is 3.04. The van der Waals surface area contributed by atoms with Crippen LogP contribution in [0.5, 0.6) is 0 Å². The molecule has 0 fully saturated rings. The summed E-state index contributed by atoms with van der Waals surface area (Å²) in [5, 5.41) is 8.81. The summed E-state index contributed by atoms with van der Waals surface area (Å²) in [6, 6.07) is 17.5. The van der Waals surface area contributed by atoms with E-state index in [0.717, 1.165) is 17.8 Å². The Labute approximate surface area is 194 Å². The van der Waals surface area contributed by atoms with E-state index in [2.05, 4.69) is 44.4 Å². The van der Waals surface area contributed by atoms with Gasteiger partial charge in [0.25, 0.3) is 0 Å². The highest BCUT2D eigenvalue weighted by atomic mass is 32.2. The predicted molar refractivity (Wildman–Crippen MR) is 140 cm³/mol. The molecule has 0 radical (unpaired) electrons. The van der Waals surface area contributed by atoms with Crippen LogP contribution in [0.2, 0.25) is 0 Å². The Morgan fingerprint density at radius 2 is 1.84 bits per heavy atom. The number of aromatic nitrogens is 2. The van der Waals surface area contributed by atoms with Crippen molar-refractivity contribution in [1.29, 1.82) is 0 Å². The Bertz CT molecular complexity index is 993. The van der Waals surface area contributed by atoms with Crippen molar-refractivity contribution in [3.63, 3.8) is 0 Å². The van der Waals surface area contributed by atoms with Gasteiger partial charge in [0.1, 0.15) is 5.82 Å². The van der Waals surface area contributed by atoms with Gasteiger partial charge in [-0.1, -0.05) is 44.2 Å². The average Bonchev–Trinajstić information content (AvgIpc) is 2.81. The van der Waals surface area contributed by atoms with Gasteiger partial charge in [-0.05, 0) is 52.6 Å². The first-order valence-electron chi connectivity index (χ1n) is 10.6. The molecule has 7 nitrogen and oxygen atoms in total. The summed E-state index contributed by atoms with van der Waals surface area (Å²) < 4.78 is 0. The maximum Gasteiger partial charge on any atom is 0.221 e. The van der Waals surface area contributed by atoms with Crippen LogP contribution in [-0.4, -0.2) is 29.3 Å². The number of rotatable bonds is 9. The Morgan fingerprint density at radius 1 is 1.09 bits per heavy atom. The van der Waals surface area contributed by atoms with Crippen molar-refractivity contribution < 1.29 is 0 Å². The lowest BCUT2D eigenvalue weighted by Crippen LogP contribution is -2.28. The molecule has 8 N–H and O–H groups in total. The molecule has 1 unspecified atom stereocenters. The molecule has 1 heterocycles. The number of hydrogen-bond acceptors (Lipinski definition) is 8. The number of hydrogen-bond donors (Lipinski definition) is 5. The Balaban J connectivity index is 0.00000176. The summed E-state index contributed by atoms with van der Waals surface area (Å²) in [6.45, 7) is 5.31. The smallest absolute Gasteiger partial charge is 0.221 e. The second-order valence-electron chi connectivity index (χ2n) is 6.75.